The second kappa shape index (κ2) is 6.49. The van der Waals surface area contributed by atoms with E-state index in [0.717, 1.165) is 16.8 Å². The molecule has 2 rings (SSSR count). The van der Waals surface area contributed by atoms with E-state index in [9.17, 15) is 12.8 Å². The van der Waals surface area contributed by atoms with Gasteiger partial charge < -0.3 is 4.74 Å². The summed E-state index contributed by atoms with van der Waals surface area (Å²) in [6, 6.07) is 12.9. The summed E-state index contributed by atoms with van der Waals surface area (Å²) in [6.45, 7) is -0.0995. The van der Waals surface area contributed by atoms with Gasteiger partial charge in [-0.15, -0.1) is 0 Å². The molecule has 0 aliphatic heterocycles. The Morgan fingerprint density at radius 3 is 2.70 bits per heavy atom. The highest BCUT2D eigenvalue weighted by atomic mass is 32.2. The maximum Gasteiger partial charge on any atom is 0.247 e. The minimum atomic E-state index is -3.61. The zero-order valence-electron chi connectivity index (χ0n) is 10.6. The van der Waals surface area contributed by atoms with E-state index in [1.165, 1.54) is 0 Å². The standard InChI is InChI=1S/C14H14FNO3S/c15-9-4-10-16-20(17,18)11-19-14-8-3-6-12-5-1-2-7-13(12)14/h1-9,16H,10-11H2. The van der Waals surface area contributed by atoms with E-state index in [1.54, 1.807) is 12.1 Å². The monoisotopic (exact) mass is 295 g/mol. The van der Waals surface area contributed by atoms with Crippen molar-refractivity contribution in [1.29, 1.82) is 0 Å². The Morgan fingerprint density at radius 2 is 1.90 bits per heavy atom. The summed E-state index contributed by atoms with van der Waals surface area (Å²) in [4.78, 5) is 0. The summed E-state index contributed by atoms with van der Waals surface area (Å²) in [5, 5.41) is 1.81. The molecule has 0 saturated heterocycles. The highest BCUT2D eigenvalue weighted by Crippen LogP contribution is 2.25. The molecule has 0 heterocycles. The molecule has 2 aromatic rings. The molecule has 0 fully saturated rings. The second-order valence-corrected chi connectivity index (χ2v) is 5.82. The lowest BCUT2D eigenvalue weighted by molar-refractivity contribution is 0.378. The van der Waals surface area contributed by atoms with Crippen molar-refractivity contribution in [3.05, 3.63) is 54.9 Å². The van der Waals surface area contributed by atoms with Crippen LogP contribution in [0.4, 0.5) is 4.39 Å². The summed E-state index contributed by atoms with van der Waals surface area (Å²) in [6.07, 6.45) is 1.35. The van der Waals surface area contributed by atoms with Crippen LogP contribution < -0.4 is 9.46 Å². The van der Waals surface area contributed by atoms with Gasteiger partial charge in [0.1, 0.15) is 5.75 Å². The molecule has 0 aliphatic rings. The number of sulfonamides is 1. The molecule has 106 valence electrons. The Labute approximate surface area is 116 Å². The average molecular weight is 295 g/mol. The lowest BCUT2D eigenvalue weighted by atomic mass is 10.1. The van der Waals surface area contributed by atoms with Gasteiger partial charge in [0, 0.05) is 11.9 Å². The van der Waals surface area contributed by atoms with Crippen molar-refractivity contribution in [3.8, 4) is 5.75 Å². The molecular weight excluding hydrogens is 281 g/mol. The molecule has 20 heavy (non-hydrogen) atoms. The fourth-order valence-electron chi connectivity index (χ4n) is 1.72. The van der Waals surface area contributed by atoms with Gasteiger partial charge in [0.2, 0.25) is 16.0 Å². The minimum Gasteiger partial charge on any atom is -0.476 e. The third-order valence-electron chi connectivity index (χ3n) is 2.63. The first-order valence-corrected chi connectivity index (χ1v) is 7.61. The van der Waals surface area contributed by atoms with Gasteiger partial charge in [-0.3, -0.25) is 0 Å². The molecule has 4 nitrogen and oxygen atoms in total. The number of hydrogen-bond acceptors (Lipinski definition) is 3. The van der Waals surface area contributed by atoms with Crippen molar-refractivity contribution >= 4 is 20.8 Å². The summed E-state index contributed by atoms with van der Waals surface area (Å²) in [7, 11) is -3.61. The van der Waals surface area contributed by atoms with Crippen LogP contribution in [0.3, 0.4) is 0 Å². The first-order valence-electron chi connectivity index (χ1n) is 5.95. The van der Waals surface area contributed by atoms with E-state index in [4.69, 9.17) is 4.74 Å². The van der Waals surface area contributed by atoms with Gasteiger partial charge in [0.15, 0.2) is 0 Å². The van der Waals surface area contributed by atoms with Crippen LogP contribution >= 0.6 is 0 Å². The maximum atomic E-state index is 11.7. The van der Waals surface area contributed by atoms with Crippen LogP contribution in [0.2, 0.25) is 0 Å². The molecule has 0 bridgehead atoms. The van der Waals surface area contributed by atoms with E-state index < -0.39 is 16.0 Å². The molecular formula is C14H14FNO3S. The van der Waals surface area contributed by atoms with Crippen LogP contribution in [-0.4, -0.2) is 20.9 Å². The van der Waals surface area contributed by atoms with Crippen molar-refractivity contribution in [2.45, 2.75) is 0 Å². The van der Waals surface area contributed by atoms with Gasteiger partial charge in [0.05, 0.1) is 6.33 Å². The molecule has 0 saturated carbocycles. The fraction of sp³-hybridized carbons (Fsp3) is 0.143. The van der Waals surface area contributed by atoms with Crippen molar-refractivity contribution in [2.24, 2.45) is 0 Å². The van der Waals surface area contributed by atoms with Crippen molar-refractivity contribution in [1.82, 2.24) is 4.72 Å². The molecule has 0 spiro atoms. The topological polar surface area (TPSA) is 55.4 Å². The second-order valence-electron chi connectivity index (χ2n) is 4.06. The van der Waals surface area contributed by atoms with Crippen LogP contribution in [0.25, 0.3) is 10.8 Å². The van der Waals surface area contributed by atoms with Crippen molar-refractivity contribution < 1.29 is 17.5 Å². The summed E-state index contributed by atoms with van der Waals surface area (Å²) >= 11 is 0. The first kappa shape index (κ1) is 14.5. The minimum absolute atomic E-state index is 0.0995. The number of fused-ring (bicyclic) bond motifs is 1. The fourth-order valence-corrected chi connectivity index (χ4v) is 2.44. The Morgan fingerprint density at radius 1 is 1.15 bits per heavy atom. The van der Waals surface area contributed by atoms with E-state index in [-0.39, 0.29) is 12.9 Å². The third kappa shape index (κ3) is 3.79. The lowest BCUT2D eigenvalue weighted by Crippen LogP contribution is -2.28. The van der Waals surface area contributed by atoms with E-state index in [2.05, 4.69) is 4.72 Å². The number of rotatable bonds is 6. The number of halogens is 1. The third-order valence-corrected chi connectivity index (χ3v) is 3.66. The number of hydrogen-bond donors (Lipinski definition) is 1. The molecule has 0 atom stereocenters. The lowest BCUT2D eigenvalue weighted by Gasteiger charge is -2.10. The van der Waals surface area contributed by atoms with E-state index in [1.807, 2.05) is 30.3 Å². The zero-order chi connectivity index (χ0) is 14.4. The van der Waals surface area contributed by atoms with Crippen LogP contribution in [-0.2, 0) is 10.0 Å². The smallest absolute Gasteiger partial charge is 0.247 e. The number of nitrogens with one attached hydrogen (secondary N) is 1. The predicted molar refractivity (Wildman–Crippen MR) is 76.6 cm³/mol. The Hall–Kier alpha value is -1.92. The molecule has 0 radical (unpaired) electrons. The normalized spacial score (nSPS) is 12.1. The Bertz CT molecular complexity index is 708. The summed E-state index contributed by atoms with van der Waals surface area (Å²) < 4.78 is 42.5. The van der Waals surface area contributed by atoms with Gasteiger partial charge >= 0.3 is 0 Å². The molecule has 0 amide bonds. The average Bonchev–Trinajstić information content (AvgIpc) is 2.45. The number of benzene rings is 2. The highest BCUT2D eigenvalue weighted by molar-refractivity contribution is 7.89. The van der Waals surface area contributed by atoms with E-state index in [0.29, 0.717) is 5.75 Å². The maximum absolute atomic E-state index is 11.7. The van der Waals surface area contributed by atoms with Crippen LogP contribution in [0.15, 0.2) is 54.9 Å². The van der Waals surface area contributed by atoms with Crippen molar-refractivity contribution in [2.75, 3.05) is 12.5 Å². The molecule has 6 heteroatoms. The van der Waals surface area contributed by atoms with Gasteiger partial charge in [-0.2, -0.15) is 0 Å². The predicted octanol–water partition coefficient (Wildman–Crippen LogP) is 2.58. The van der Waals surface area contributed by atoms with Gasteiger partial charge in [-0.05, 0) is 17.5 Å². The molecule has 0 unspecified atom stereocenters. The summed E-state index contributed by atoms with van der Waals surface area (Å²) in [5.74, 6) is -0.0178. The zero-order valence-corrected chi connectivity index (χ0v) is 11.4. The Kier molecular flexibility index (Phi) is 4.70. The van der Waals surface area contributed by atoms with Crippen LogP contribution in [0.1, 0.15) is 0 Å². The quantitative estimate of drug-likeness (QED) is 0.891. The van der Waals surface area contributed by atoms with E-state index >= 15 is 0 Å². The summed E-state index contributed by atoms with van der Waals surface area (Å²) in [5.41, 5.74) is 0. The Balaban J connectivity index is 2.09. The highest BCUT2D eigenvalue weighted by Gasteiger charge is 2.11. The van der Waals surface area contributed by atoms with Crippen LogP contribution in [0, 0.1) is 0 Å². The molecule has 1 N–H and O–H groups in total. The molecule has 2 aromatic carbocycles. The van der Waals surface area contributed by atoms with Gasteiger partial charge in [0.25, 0.3) is 0 Å². The first-order chi connectivity index (χ1) is 9.62. The number of ether oxygens (including phenoxy) is 1. The molecule has 0 aromatic heterocycles. The van der Waals surface area contributed by atoms with Crippen molar-refractivity contribution in [3.63, 3.8) is 0 Å². The van der Waals surface area contributed by atoms with Gasteiger partial charge in [-0.25, -0.2) is 17.5 Å². The van der Waals surface area contributed by atoms with Crippen LogP contribution in [0.5, 0.6) is 5.75 Å². The molecule has 0 aliphatic carbocycles. The largest absolute Gasteiger partial charge is 0.476 e. The SMILES string of the molecule is O=S(=O)(COc1cccc2ccccc12)NCC=CF. The van der Waals surface area contributed by atoms with Gasteiger partial charge in [-0.1, -0.05) is 36.4 Å².